The first-order valence-corrected chi connectivity index (χ1v) is 5.60. The number of methoxy groups -OCH3 is 1. The minimum atomic E-state index is -0.755. The average Bonchev–Trinajstić information content (AvgIpc) is 2.30. The van der Waals surface area contributed by atoms with E-state index in [1.165, 1.54) is 7.11 Å². The fourth-order valence-electron chi connectivity index (χ4n) is 1.33. The van der Waals surface area contributed by atoms with Gasteiger partial charge in [-0.3, -0.25) is 0 Å². The molecule has 1 rings (SSSR count). The molecule has 0 aliphatic rings. The number of unbranched alkanes of at least 4 members (excludes halogenated alkanes) is 1. The summed E-state index contributed by atoms with van der Waals surface area (Å²) in [5.74, 6) is 0.349. The van der Waals surface area contributed by atoms with Crippen molar-refractivity contribution >= 4 is 17.8 Å². The highest BCUT2D eigenvalue weighted by atomic mass is 35.5. The average molecular weight is 243 g/mol. The zero-order chi connectivity index (χ0) is 12.0. The van der Waals surface area contributed by atoms with Gasteiger partial charge >= 0.3 is 6.16 Å². The number of halogens is 1. The molecule has 0 saturated heterocycles. The van der Waals surface area contributed by atoms with Gasteiger partial charge < -0.3 is 9.47 Å². The van der Waals surface area contributed by atoms with E-state index in [4.69, 9.17) is 16.3 Å². The number of hydrogen-bond donors (Lipinski definition) is 0. The molecule has 0 heterocycles. The second-order valence-electron chi connectivity index (χ2n) is 3.39. The summed E-state index contributed by atoms with van der Waals surface area (Å²) in [6.07, 6.45) is 2.28. The number of carbonyl (C=O) groups is 1. The maximum Gasteiger partial charge on any atom is 0.513 e. The lowest BCUT2D eigenvalue weighted by Crippen LogP contribution is -2.08. The van der Waals surface area contributed by atoms with Crippen LogP contribution in [0.5, 0.6) is 5.75 Å². The molecule has 4 heteroatoms. The van der Waals surface area contributed by atoms with Crippen LogP contribution in [0.4, 0.5) is 4.79 Å². The van der Waals surface area contributed by atoms with Gasteiger partial charge in [0.1, 0.15) is 0 Å². The highest BCUT2D eigenvalue weighted by molar-refractivity contribution is 6.32. The normalized spacial score (nSPS) is 9.94. The summed E-state index contributed by atoms with van der Waals surface area (Å²) >= 11 is 6.11. The number of benzene rings is 1. The molecule has 0 unspecified atom stereocenters. The van der Waals surface area contributed by atoms with Crippen molar-refractivity contribution in [2.24, 2.45) is 0 Å². The molecule has 1 aromatic rings. The van der Waals surface area contributed by atoms with E-state index in [0.29, 0.717) is 10.8 Å². The van der Waals surface area contributed by atoms with Crippen LogP contribution < -0.4 is 4.74 Å². The van der Waals surface area contributed by atoms with Crippen LogP contribution in [0.2, 0.25) is 5.02 Å². The van der Waals surface area contributed by atoms with Gasteiger partial charge in [-0.1, -0.05) is 37.1 Å². The Morgan fingerprint density at radius 1 is 1.44 bits per heavy atom. The molecule has 0 aliphatic heterocycles. The molecule has 0 aromatic heterocycles. The Kier molecular flexibility index (Phi) is 5.12. The van der Waals surface area contributed by atoms with Crippen molar-refractivity contribution in [2.75, 3.05) is 7.11 Å². The standard InChI is InChI=1S/C12H15ClO3/c1-3-4-6-9-7-5-8-10(11(9)13)16-12(14)15-2/h5,7-8H,3-4,6H2,1-2H3. The van der Waals surface area contributed by atoms with Crippen molar-refractivity contribution < 1.29 is 14.3 Å². The van der Waals surface area contributed by atoms with Crippen molar-refractivity contribution in [1.82, 2.24) is 0 Å². The van der Waals surface area contributed by atoms with Gasteiger partial charge in [0.05, 0.1) is 12.1 Å². The Hall–Kier alpha value is -1.22. The van der Waals surface area contributed by atoms with Crippen LogP contribution in [0, 0.1) is 0 Å². The summed E-state index contributed by atoms with van der Waals surface area (Å²) < 4.78 is 9.33. The van der Waals surface area contributed by atoms with Gasteiger partial charge in [0.2, 0.25) is 0 Å². The van der Waals surface area contributed by atoms with Crippen LogP contribution in [0.25, 0.3) is 0 Å². The highest BCUT2D eigenvalue weighted by Crippen LogP contribution is 2.29. The number of hydrogen-bond acceptors (Lipinski definition) is 3. The largest absolute Gasteiger partial charge is 0.513 e. The fourth-order valence-corrected chi connectivity index (χ4v) is 1.59. The monoisotopic (exact) mass is 242 g/mol. The van der Waals surface area contributed by atoms with E-state index in [1.807, 2.05) is 12.1 Å². The lowest BCUT2D eigenvalue weighted by molar-refractivity contribution is 0.121. The molecule has 0 fully saturated rings. The maximum atomic E-state index is 11.0. The summed E-state index contributed by atoms with van der Waals surface area (Å²) in [7, 11) is 1.26. The molecule has 0 radical (unpaired) electrons. The third-order valence-corrected chi connectivity index (χ3v) is 2.63. The van der Waals surface area contributed by atoms with Crippen molar-refractivity contribution in [2.45, 2.75) is 26.2 Å². The molecule has 0 spiro atoms. The molecule has 0 saturated carbocycles. The summed E-state index contributed by atoms with van der Waals surface area (Å²) in [6, 6.07) is 5.39. The van der Waals surface area contributed by atoms with Crippen molar-refractivity contribution in [3.8, 4) is 5.75 Å². The Bertz CT molecular complexity index is 363. The molecule has 0 aliphatic carbocycles. The second kappa shape index (κ2) is 6.38. The summed E-state index contributed by atoms with van der Waals surface area (Å²) in [5.41, 5.74) is 0.991. The van der Waals surface area contributed by atoms with Crippen LogP contribution in [0.1, 0.15) is 25.3 Å². The van der Waals surface area contributed by atoms with Gasteiger partial charge in [0, 0.05) is 0 Å². The minimum Gasteiger partial charge on any atom is -0.437 e. The number of aryl methyl sites for hydroxylation is 1. The second-order valence-corrected chi connectivity index (χ2v) is 3.77. The Morgan fingerprint density at radius 2 is 2.19 bits per heavy atom. The molecular weight excluding hydrogens is 228 g/mol. The van der Waals surface area contributed by atoms with E-state index in [9.17, 15) is 4.79 Å². The van der Waals surface area contributed by atoms with Crippen molar-refractivity contribution in [3.05, 3.63) is 28.8 Å². The predicted octanol–water partition coefficient (Wildman–Crippen LogP) is 3.83. The minimum absolute atomic E-state index is 0.349. The van der Waals surface area contributed by atoms with Crippen LogP contribution in [-0.4, -0.2) is 13.3 Å². The zero-order valence-corrected chi connectivity index (χ0v) is 10.2. The van der Waals surface area contributed by atoms with Gasteiger partial charge in [0.25, 0.3) is 0 Å². The lowest BCUT2D eigenvalue weighted by Gasteiger charge is -2.08. The summed E-state index contributed by atoms with van der Waals surface area (Å²) in [5, 5.41) is 0.487. The van der Waals surface area contributed by atoms with Gasteiger partial charge in [-0.25, -0.2) is 4.79 Å². The summed E-state index contributed by atoms with van der Waals surface area (Å²) in [4.78, 5) is 11.0. The van der Waals surface area contributed by atoms with Crippen LogP contribution in [-0.2, 0) is 11.2 Å². The van der Waals surface area contributed by atoms with Crippen LogP contribution in [0.15, 0.2) is 18.2 Å². The Balaban J connectivity index is 2.81. The van der Waals surface area contributed by atoms with Gasteiger partial charge in [0.15, 0.2) is 5.75 Å². The lowest BCUT2D eigenvalue weighted by atomic mass is 10.1. The molecule has 0 atom stereocenters. The van der Waals surface area contributed by atoms with Gasteiger partial charge in [-0.2, -0.15) is 0 Å². The number of ether oxygens (including phenoxy) is 2. The fraction of sp³-hybridized carbons (Fsp3) is 0.417. The number of carbonyl (C=O) groups excluding carboxylic acids is 1. The quantitative estimate of drug-likeness (QED) is 0.595. The zero-order valence-electron chi connectivity index (χ0n) is 9.46. The van der Waals surface area contributed by atoms with E-state index in [-0.39, 0.29) is 0 Å². The van der Waals surface area contributed by atoms with Gasteiger partial charge in [-0.15, -0.1) is 0 Å². The molecule has 0 bridgehead atoms. The molecule has 0 N–H and O–H groups in total. The first kappa shape index (κ1) is 12.8. The summed E-state index contributed by atoms with van der Waals surface area (Å²) in [6.45, 7) is 2.11. The van der Waals surface area contributed by atoms with Crippen LogP contribution >= 0.6 is 11.6 Å². The third kappa shape index (κ3) is 3.42. The molecule has 0 amide bonds. The van der Waals surface area contributed by atoms with Crippen molar-refractivity contribution in [3.63, 3.8) is 0 Å². The molecule has 1 aromatic carbocycles. The Morgan fingerprint density at radius 3 is 2.81 bits per heavy atom. The molecule has 3 nitrogen and oxygen atoms in total. The maximum absolute atomic E-state index is 11.0. The SMILES string of the molecule is CCCCc1cccc(OC(=O)OC)c1Cl. The molecule has 16 heavy (non-hydrogen) atoms. The smallest absolute Gasteiger partial charge is 0.437 e. The molecular formula is C12H15ClO3. The van der Waals surface area contributed by atoms with E-state index in [2.05, 4.69) is 11.7 Å². The topological polar surface area (TPSA) is 35.5 Å². The first-order valence-electron chi connectivity index (χ1n) is 5.22. The first-order chi connectivity index (χ1) is 7.69. The van der Waals surface area contributed by atoms with Crippen molar-refractivity contribution in [1.29, 1.82) is 0 Å². The highest BCUT2D eigenvalue weighted by Gasteiger charge is 2.10. The molecule has 88 valence electrons. The van der Waals surface area contributed by atoms with E-state index in [1.54, 1.807) is 6.07 Å². The van der Waals surface area contributed by atoms with Gasteiger partial charge in [-0.05, 0) is 24.5 Å². The van der Waals surface area contributed by atoms with E-state index in [0.717, 1.165) is 24.8 Å². The predicted molar refractivity (Wildman–Crippen MR) is 63.1 cm³/mol. The van der Waals surface area contributed by atoms with E-state index < -0.39 is 6.16 Å². The third-order valence-electron chi connectivity index (χ3n) is 2.20. The Labute approximate surface area is 100 Å². The van der Waals surface area contributed by atoms with E-state index >= 15 is 0 Å². The van der Waals surface area contributed by atoms with Crippen LogP contribution in [0.3, 0.4) is 0 Å². The number of rotatable bonds is 4.